The van der Waals surface area contributed by atoms with Crippen molar-refractivity contribution >= 4 is 24.8 Å². The monoisotopic (exact) mass is 210 g/mol. The number of halogens is 2. The van der Waals surface area contributed by atoms with Crippen LogP contribution in [0.25, 0.3) is 0 Å². The highest BCUT2D eigenvalue weighted by molar-refractivity contribution is 5.85. The predicted molar refractivity (Wildman–Crippen MR) is 58.5 cm³/mol. The van der Waals surface area contributed by atoms with Crippen molar-refractivity contribution in [3.8, 4) is 0 Å². The molecule has 2 saturated carbocycles. The maximum Gasteiger partial charge on any atom is -0.0297 e. The fourth-order valence-corrected chi connectivity index (χ4v) is 2.93. The van der Waals surface area contributed by atoms with E-state index in [0.29, 0.717) is 0 Å². The zero-order chi connectivity index (χ0) is 6.86. The maximum atomic E-state index is 1.56. The highest BCUT2D eigenvalue weighted by atomic mass is 35.5. The summed E-state index contributed by atoms with van der Waals surface area (Å²) in [5.74, 6) is 0. The van der Waals surface area contributed by atoms with Crippen molar-refractivity contribution in [1.29, 1.82) is 0 Å². The molecule has 2 aliphatic rings. The SMILES string of the molecule is C1CCC2(CC1)CCCC2.Cl.Cl. The third kappa shape index (κ3) is 2.53. The summed E-state index contributed by atoms with van der Waals surface area (Å²) >= 11 is 0. The van der Waals surface area contributed by atoms with Gasteiger partial charge in [0.1, 0.15) is 0 Å². The van der Waals surface area contributed by atoms with Crippen molar-refractivity contribution in [2.75, 3.05) is 0 Å². The van der Waals surface area contributed by atoms with E-state index >= 15 is 0 Å². The molecule has 2 rings (SSSR count). The molecule has 2 aliphatic carbocycles. The lowest BCUT2D eigenvalue weighted by atomic mass is 9.73. The molecule has 0 aromatic heterocycles. The fourth-order valence-electron chi connectivity index (χ4n) is 2.93. The third-order valence-corrected chi connectivity index (χ3v) is 3.58. The first-order chi connectivity index (χ1) is 4.91. The molecule has 0 N–H and O–H groups in total. The molecule has 0 nitrogen and oxygen atoms in total. The molecule has 0 aromatic carbocycles. The van der Waals surface area contributed by atoms with Crippen molar-refractivity contribution in [3.05, 3.63) is 0 Å². The van der Waals surface area contributed by atoms with E-state index in [-0.39, 0.29) is 24.8 Å². The lowest BCUT2D eigenvalue weighted by Gasteiger charge is -2.32. The molecule has 74 valence electrons. The molecule has 0 aromatic rings. The van der Waals surface area contributed by atoms with E-state index in [4.69, 9.17) is 0 Å². The van der Waals surface area contributed by atoms with E-state index in [9.17, 15) is 0 Å². The van der Waals surface area contributed by atoms with Crippen LogP contribution < -0.4 is 0 Å². The Kier molecular flexibility index (Phi) is 5.60. The third-order valence-electron chi connectivity index (χ3n) is 3.58. The molecular weight excluding hydrogens is 191 g/mol. The minimum Gasteiger partial charge on any atom is -0.147 e. The van der Waals surface area contributed by atoms with Crippen LogP contribution in [0.3, 0.4) is 0 Å². The van der Waals surface area contributed by atoms with Gasteiger partial charge in [-0.2, -0.15) is 0 Å². The summed E-state index contributed by atoms with van der Waals surface area (Å²) in [6.45, 7) is 0. The van der Waals surface area contributed by atoms with Gasteiger partial charge in [0.25, 0.3) is 0 Å². The minimum atomic E-state index is 0. The first-order valence-electron chi connectivity index (χ1n) is 4.91. The largest absolute Gasteiger partial charge is 0.147 e. The molecule has 0 radical (unpaired) electrons. The highest BCUT2D eigenvalue weighted by Crippen LogP contribution is 2.48. The Morgan fingerprint density at radius 3 is 1.25 bits per heavy atom. The first kappa shape index (κ1) is 12.6. The number of rotatable bonds is 0. The Labute approximate surface area is 88.3 Å². The van der Waals surface area contributed by atoms with Gasteiger partial charge < -0.3 is 0 Å². The number of hydrogen-bond donors (Lipinski definition) is 0. The average molecular weight is 211 g/mol. The zero-order valence-electron chi connectivity index (χ0n) is 7.68. The van der Waals surface area contributed by atoms with Crippen LogP contribution in [0.4, 0.5) is 0 Å². The molecular formula is C10H20Cl2. The second-order valence-electron chi connectivity index (χ2n) is 4.27. The Bertz CT molecular complexity index is 109. The lowest BCUT2D eigenvalue weighted by molar-refractivity contribution is 0.197. The molecule has 0 bridgehead atoms. The maximum absolute atomic E-state index is 1.56. The standard InChI is InChI=1S/C10H18.2ClH/c1-2-6-10(7-3-1)8-4-5-9-10;;/h1-9H2;2*1H. The van der Waals surface area contributed by atoms with E-state index in [1.165, 1.54) is 32.1 Å². The van der Waals surface area contributed by atoms with Gasteiger partial charge in [-0.3, -0.25) is 0 Å². The lowest BCUT2D eigenvalue weighted by Crippen LogP contribution is -2.19. The van der Waals surface area contributed by atoms with Gasteiger partial charge in [0.2, 0.25) is 0 Å². The Morgan fingerprint density at radius 2 is 0.833 bits per heavy atom. The fraction of sp³-hybridized carbons (Fsp3) is 1.00. The van der Waals surface area contributed by atoms with Gasteiger partial charge >= 0.3 is 0 Å². The van der Waals surface area contributed by atoms with Gasteiger partial charge in [-0.25, -0.2) is 0 Å². The molecule has 0 atom stereocenters. The summed E-state index contributed by atoms with van der Waals surface area (Å²) in [6, 6.07) is 0. The topological polar surface area (TPSA) is 0 Å². The first-order valence-corrected chi connectivity index (χ1v) is 4.91. The van der Waals surface area contributed by atoms with Crippen molar-refractivity contribution in [2.24, 2.45) is 5.41 Å². The van der Waals surface area contributed by atoms with E-state index in [2.05, 4.69) is 0 Å². The van der Waals surface area contributed by atoms with Gasteiger partial charge in [-0.05, 0) is 31.1 Å². The summed E-state index contributed by atoms with van der Waals surface area (Å²) in [7, 11) is 0. The van der Waals surface area contributed by atoms with Crippen LogP contribution in [0.1, 0.15) is 57.8 Å². The Hall–Kier alpha value is 0.580. The van der Waals surface area contributed by atoms with Crippen LogP contribution in [0.2, 0.25) is 0 Å². The smallest absolute Gasteiger partial charge is 0.0297 e. The molecule has 0 heterocycles. The van der Waals surface area contributed by atoms with Crippen molar-refractivity contribution in [2.45, 2.75) is 57.8 Å². The zero-order valence-corrected chi connectivity index (χ0v) is 9.31. The van der Waals surface area contributed by atoms with Crippen LogP contribution >= 0.6 is 24.8 Å². The van der Waals surface area contributed by atoms with Crippen LogP contribution in [0.15, 0.2) is 0 Å². The van der Waals surface area contributed by atoms with Crippen molar-refractivity contribution < 1.29 is 0 Å². The molecule has 0 aliphatic heterocycles. The summed E-state index contributed by atoms with van der Waals surface area (Å²) in [5.41, 5.74) is 0.873. The minimum absolute atomic E-state index is 0. The molecule has 2 fully saturated rings. The van der Waals surface area contributed by atoms with E-state index in [0.717, 1.165) is 5.41 Å². The van der Waals surface area contributed by atoms with Gasteiger partial charge in [-0.1, -0.05) is 32.1 Å². The normalized spacial score (nSPS) is 26.0. The molecule has 0 unspecified atom stereocenters. The van der Waals surface area contributed by atoms with Gasteiger partial charge in [0.05, 0.1) is 0 Å². The number of hydrogen-bond acceptors (Lipinski definition) is 0. The van der Waals surface area contributed by atoms with Crippen molar-refractivity contribution in [3.63, 3.8) is 0 Å². The van der Waals surface area contributed by atoms with Crippen LogP contribution in [-0.4, -0.2) is 0 Å². The van der Waals surface area contributed by atoms with Crippen LogP contribution in [0.5, 0.6) is 0 Å². The molecule has 0 amide bonds. The van der Waals surface area contributed by atoms with E-state index < -0.39 is 0 Å². The molecule has 2 heteroatoms. The molecule has 0 saturated heterocycles. The second-order valence-corrected chi connectivity index (χ2v) is 4.27. The average Bonchev–Trinajstić information content (AvgIpc) is 2.39. The van der Waals surface area contributed by atoms with E-state index in [1.54, 1.807) is 25.7 Å². The highest BCUT2D eigenvalue weighted by Gasteiger charge is 2.34. The Morgan fingerprint density at radius 1 is 0.500 bits per heavy atom. The van der Waals surface area contributed by atoms with Gasteiger partial charge in [-0.15, -0.1) is 24.8 Å². The summed E-state index contributed by atoms with van der Waals surface area (Å²) in [4.78, 5) is 0. The quantitative estimate of drug-likeness (QED) is 0.558. The predicted octanol–water partition coefficient (Wildman–Crippen LogP) is 4.35. The Balaban J connectivity index is 0.000000605. The van der Waals surface area contributed by atoms with Gasteiger partial charge in [0.15, 0.2) is 0 Å². The van der Waals surface area contributed by atoms with Crippen molar-refractivity contribution in [1.82, 2.24) is 0 Å². The summed E-state index contributed by atoms with van der Waals surface area (Å²) < 4.78 is 0. The molecule has 1 spiro atoms. The molecule has 12 heavy (non-hydrogen) atoms. The van der Waals surface area contributed by atoms with Crippen LogP contribution in [-0.2, 0) is 0 Å². The second kappa shape index (κ2) is 5.34. The van der Waals surface area contributed by atoms with Gasteiger partial charge in [0, 0.05) is 0 Å². The summed E-state index contributed by atoms with van der Waals surface area (Å²) in [6.07, 6.45) is 13.9. The van der Waals surface area contributed by atoms with Crippen LogP contribution in [0, 0.1) is 5.41 Å². The summed E-state index contributed by atoms with van der Waals surface area (Å²) in [5, 5.41) is 0. The van der Waals surface area contributed by atoms with E-state index in [1.807, 2.05) is 0 Å².